The van der Waals surface area contributed by atoms with E-state index in [1.165, 1.54) is 0 Å². The molecule has 92 valence electrons. The summed E-state index contributed by atoms with van der Waals surface area (Å²) >= 11 is 5.09. The number of rotatable bonds is 3. The van der Waals surface area contributed by atoms with Crippen molar-refractivity contribution in [3.8, 4) is 0 Å². The molecule has 6 heteroatoms. The van der Waals surface area contributed by atoms with E-state index in [2.05, 4.69) is 26.0 Å². The monoisotopic (exact) mass is 259 g/mol. The minimum absolute atomic E-state index is 0.435. The van der Waals surface area contributed by atoms with Gasteiger partial charge in [0.25, 0.3) is 0 Å². The lowest BCUT2D eigenvalue weighted by atomic mass is 10.3. The van der Waals surface area contributed by atoms with Gasteiger partial charge < -0.3 is 5.32 Å². The zero-order valence-corrected chi connectivity index (χ0v) is 10.7. The Hall–Kier alpha value is -2.21. The molecule has 0 aliphatic heterocycles. The fourth-order valence-corrected chi connectivity index (χ4v) is 1.51. The molecular weight excluding hydrogens is 246 g/mol. The van der Waals surface area contributed by atoms with Crippen LogP contribution in [0.5, 0.6) is 0 Å². The summed E-state index contributed by atoms with van der Waals surface area (Å²) in [5, 5.41) is 14.3. The molecule has 5 nitrogen and oxygen atoms in total. The quantitative estimate of drug-likeness (QED) is 0.448. The third kappa shape index (κ3) is 3.67. The number of para-hydroxylation sites is 1. The molecule has 0 saturated heterocycles. The first kappa shape index (κ1) is 12.3. The van der Waals surface area contributed by atoms with Gasteiger partial charge in [-0.1, -0.05) is 18.2 Å². The Morgan fingerprint density at radius 3 is 2.83 bits per heavy atom. The third-order valence-electron chi connectivity index (χ3n) is 2.12. The summed E-state index contributed by atoms with van der Waals surface area (Å²) in [6, 6.07) is 11.5. The van der Waals surface area contributed by atoms with E-state index in [1.54, 1.807) is 6.21 Å². The van der Waals surface area contributed by atoms with Crippen LogP contribution in [-0.4, -0.2) is 21.5 Å². The summed E-state index contributed by atoms with van der Waals surface area (Å²) in [7, 11) is 0. The SMILES string of the molecule is Cc1cc(/C=N/NC(=S)Nc2ccccc2)n[nH]1. The summed E-state index contributed by atoms with van der Waals surface area (Å²) in [6.07, 6.45) is 1.60. The zero-order chi connectivity index (χ0) is 12.8. The van der Waals surface area contributed by atoms with Crippen molar-refractivity contribution >= 4 is 29.2 Å². The van der Waals surface area contributed by atoms with E-state index in [-0.39, 0.29) is 0 Å². The maximum Gasteiger partial charge on any atom is 0.191 e. The van der Waals surface area contributed by atoms with Crippen LogP contribution in [0.25, 0.3) is 0 Å². The van der Waals surface area contributed by atoms with E-state index >= 15 is 0 Å². The van der Waals surface area contributed by atoms with Gasteiger partial charge in [0, 0.05) is 11.4 Å². The van der Waals surface area contributed by atoms with Gasteiger partial charge in [-0.25, -0.2) is 0 Å². The average molecular weight is 259 g/mol. The summed E-state index contributed by atoms with van der Waals surface area (Å²) in [6.45, 7) is 1.93. The van der Waals surface area contributed by atoms with E-state index in [0.717, 1.165) is 17.1 Å². The first-order valence-electron chi connectivity index (χ1n) is 5.41. The van der Waals surface area contributed by atoms with Gasteiger partial charge in [0.05, 0.1) is 6.21 Å². The molecule has 2 aromatic rings. The molecule has 0 amide bonds. The van der Waals surface area contributed by atoms with Crippen LogP contribution in [0, 0.1) is 6.92 Å². The maximum absolute atomic E-state index is 5.09. The zero-order valence-electron chi connectivity index (χ0n) is 9.84. The van der Waals surface area contributed by atoms with Crippen molar-refractivity contribution in [2.75, 3.05) is 5.32 Å². The number of hydrazone groups is 1. The molecule has 1 aromatic carbocycles. The second kappa shape index (κ2) is 5.92. The molecule has 0 bridgehead atoms. The van der Waals surface area contributed by atoms with E-state index in [0.29, 0.717) is 5.11 Å². The largest absolute Gasteiger partial charge is 0.331 e. The molecule has 0 aliphatic carbocycles. The number of benzene rings is 1. The van der Waals surface area contributed by atoms with Crippen LogP contribution in [0.15, 0.2) is 41.5 Å². The number of nitrogens with zero attached hydrogens (tertiary/aromatic N) is 2. The number of thiocarbonyl (C=S) groups is 1. The molecule has 0 spiro atoms. The number of aromatic nitrogens is 2. The van der Waals surface area contributed by atoms with E-state index in [1.807, 2.05) is 43.3 Å². The van der Waals surface area contributed by atoms with E-state index < -0.39 is 0 Å². The van der Waals surface area contributed by atoms with Crippen LogP contribution >= 0.6 is 12.2 Å². The fraction of sp³-hybridized carbons (Fsp3) is 0.0833. The Balaban J connectivity index is 1.83. The Bertz CT molecular complexity index is 547. The minimum atomic E-state index is 0.435. The molecule has 1 aromatic heterocycles. The van der Waals surface area contributed by atoms with Gasteiger partial charge in [0.1, 0.15) is 5.69 Å². The predicted molar refractivity (Wildman–Crippen MR) is 76.7 cm³/mol. The standard InChI is InChI=1S/C12H13N5S/c1-9-7-11(16-15-9)8-13-17-12(18)14-10-5-3-2-4-6-10/h2-8H,1H3,(H,15,16)(H2,14,17,18)/b13-8+. The van der Waals surface area contributed by atoms with Gasteiger partial charge in [0.15, 0.2) is 5.11 Å². The van der Waals surface area contributed by atoms with Gasteiger partial charge in [0.2, 0.25) is 0 Å². The number of aromatic amines is 1. The Morgan fingerprint density at radius 2 is 2.17 bits per heavy atom. The van der Waals surface area contributed by atoms with E-state index in [4.69, 9.17) is 12.2 Å². The number of anilines is 1. The topological polar surface area (TPSA) is 65.1 Å². The van der Waals surface area contributed by atoms with E-state index in [9.17, 15) is 0 Å². The van der Waals surface area contributed by atoms with Gasteiger partial charge in [-0.3, -0.25) is 10.5 Å². The van der Waals surface area contributed by atoms with Gasteiger partial charge in [-0.2, -0.15) is 10.2 Å². The van der Waals surface area contributed by atoms with Crippen molar-refractivity contribution in [1.82, 2.24) is 15.6 Å². The second-order valence-electron chi connectivity index (χ2n) is 3.67. The lowest BCUT2D eigenvalue weighted by Crippen LogP contribution is -2.23. The van der Waals surface area contributed by atoms with Crippen molar-refractivity contribution in [2.45, 2.75) is 6.92 Å². The highest BCUT2D eigenvalue weighted by Crippen LogP contribution is 2.04. The smallest absolute Gasteiger partial charge is 0.191 e. The van der Waals surface area contributed by atoms with Crippen molar-refractivity contribution in [3.05, 3.63) is 47.8 Å². The highest BCUT2D eigenvalue weighted by Gasteiger charge is 1.95. The molecule has 0 fully saturated rings. The first-order valence-corrected chi connectivity index (χ1v) is 5.82. The number of H-pyrrole nitrogens is 1. The molecule has 0 radical (unpaired) electrons. The minimum Gasteiger partial charge on any atom is -0.331 e. The van der Waals surface area contributed by atoms with Crippen LogP contribution in [0.2, 0.25) is 0 Å². The summed E-state index contributed by atoms with van der Waals surface area (Å²) in [5.41, 5.74) is 5.38. The van der Waals surface area contributed by atoms with Crippen LogP contribution in [-0.2, 0) is 0 Å². The van der Waals surface area contributed by atoms with Crippen LogP contribution < -0.4 is 10.7 Å². The van der Waals surface area contributed by atoms with Crippen molar-refractivity contribution in [3.63, 3.8) is 0 Å². The van der Waals surface area contributed by atoms with Crippen LogP contribution in [0.4, 0.5) is 5.69 Å². The van der Waals surface area contributed by atoms with Crippen molar-refractivity contribution < 1.29 is 0 Å². The maximum atomic E-state index is 5.09. The van der Waals surface area contributed by atoms with Crippen molar-refractivity contribution in [1.29, 1.82) is 0 Å². The van der Waals surface area contributed by atoms with Gasteiger partial charge >= 0.3 is 0 Å². The number of hydrogen-bond acceptors (Lipinski definition) is 3. The number of nitrogens with one attached hydrogen (secondary N) is 3. The molecule has 2 rings (SSSR count). The molecule has 0 aliphatic rings. The Morgan fingerprint density at radius 1 is 1.39 bits per heavy atom. The van der Waals surface area contributed by atoms with Gasteiger partial charge in [-0.05, 0) is 37.3 Å². The van der Waals surface area contributed by atoms with Gasteiger partial charge in [-0.15, -0.1) is 0 Å². The van der Waals surface area contributed by atoms with Crippen LogP contribution in [0.3, 0.4) is 0 Å². The third-order valence-corrected chi connectivity index (χ3v) is 2.31. The summed E-state index contributed by atoms with van der Waals surface area (Å²) in [5.74, 6) is 0. The number of aryl methyl sites for hydroxylation is 1. The predicted octanol–water partition coefficient (Wildman–Crippen LogP) is 2.04. The normalized spacial score (nSPS) is 10.5. The first-order chi connectivity index (χ1) is 8.74. The Labute approximate surface area is 110 Å². The summed E-state index contributed by atoms with van der Waals surface area (Å²) in [4.78, 5) is 0. The van der Waals surface area contributed by atoms with Crippen molar-refractivity contribution in [2.24, 2.45) is 5.10 Å². The highest BCUT2D eigenvalue weighted by molar-refractivity contribution is 7.80. The Kier molecular flexibility index (Phi) is 4.03. The molecule has 3 N–H and O–H groups in total. The fourth-order valence-electron chi connectivity index (χ4n) is 1.34. The lowest BCUT2D eigenvalue weighted by molar-refractivity contribution is 1.02. The molecule has 18 heavy (non-hydrogen) atoms. The lowest BCUT2D eigenvalue weighted by Gasteiger charge is -2.05. The highest BCUT2D eigenvalue weighted by atomic mass is 32.1. The second-order valence-corrected chi connectivity index (χ2v) is 4.07. The molecular formula is C12H13N5S. The summed E-state index contributed by atoms with van der Waals surface area (Å²) < 4.78 is 0. The molecule has 0 atom stereocenters. The van der Waals surface area contributed by atoms with Crippen LogP contribution in [0.1, 0.15) is 11.4 Å². The average Bonchev–Trinajstić information content (AvgIpc) is 2.76. The molecule has 0 saturated carbocycles. The molecule has 1 heterocycles. The molecule has 0 unspecified atom stereocenters. The number of hydrogen-bond donors (Lipinski definition) is 3.